The molecule has 1 rings (SSSR count). The number of nitro groups is 1. The molecular formula is C11H17N3O3. The first-order chi connectivity index (χ1) is 8.04. The summed E-state index contributed by atoms with van der Waals surface area (Å²) >= 11 is 0. The molecule has 6 heteroatoms. The van der Waals surface area contributed by atoms with Crippen LogP contribution in [0, 0.1) is 22.2 Å². The lowest BCUT2D eigenvalue weighted by Crippen LogP contribution is -3.02. The normalized spacial score (nSPS) is 12.4. The van der Waals surface area contributed by atoms with Crippen molar-refractivity contribution in [3.05, 3.63) is 33.1 Å². The topological polar surface area (TPSA) is 83.5 Å². The van der Waals surface area contributed by atoms with Crippen LogP contribution in [0.4, 0.5) is 11.5 Å². The van der Waals surface area contributed by atoms with E-state index in [2.05, 4.69) is 11.9 Å². The Hall–Kier alpha value is -1.53. The molecule has 0 amide bonds. The van der Waals surface area contributed by atoms with Crippen molar-refractivity contribution in [1.82, 2.24) is 4.98 Å². The number of pyridine rings is 1. The molecule has 0 aliphatic heterocycles. The van der Waals surface area contributed by atoms with Crippen molar-refractivity contribution >= 4 is 11.5 Å². The number of unbranched alkanes of at least 4 members (excludes halogenated alkanes) is 2. The Morgan fingerprint density at radius 3 is 2.71 bits per heavy atom. The minimum absolute atomic E-state index is 0.0728. The number of aryl methyl sites for hydroxylation is 1. The van der Waals surface area contributed by atoms with Crippen molar-refractivity contribution in [1.29, 1.82) is 0 Å². The summed E-state index contributed by atoms with van der Waals surface area (Å²) in [6, 6.07) is 2.62. The van der Waals surface area contributed by atoms with Gasteiger partial charge in [0.2, 0.25) is 5.82 Å². The highest BCUT2D eigenvalue weighted by atomic mass is 16.6. The van der Waals surface area contributed by atoms with E-state index in [1.165, 1.54) is 12.1 Å². The smallest absolute Gasteiger partial charge is 0.278 e. The molecule has 0 fully saturated rings. The fraction of sp³-hybridized carbons (Fsp3) is 0.545. The Kier molecular flexibility index (Phi) is 4.99. The van der Waals surface area contributed by atoms with Gasteiger partial charge in [-0.2, -0.15) is 0 Å². The molecule has 0 saturated heterocycles. The van der Waals surface area contributed by atoms with Crippen LogP contribution in [0.25, 0.3) is 0 Å². The molecule has 1 N–H and O–H groups in total. The molecule has 0 aromatic carbocycles. The van der Waals surface area contributed by atoms with Gasteiger partial charge in [0.15, 0.2) is 0 Å². The summed E-state index contributed by atoms with van der Waals surface area (Å²) in [4.78, 5) is 14.2. The average Bonchev–Trinajstić information content (AvgIpc) is 2.28. The number of rotatable bonds is 6. The van der Waals surface area contributed by atoms with Crippen molar-refractivity contribution in [3.8, 4) is 0 Å². The maximum absolute atomic E-state index is 11.8. The van der Waals surface area contributed by atoms with Gasteiger partial charge in [-0.05, 0) is 19.8 Å². The third-order valence-electron chi connectivity index (χ3n) is 2.44. The predicted molar refractivity (Wildman–Crippen MR) is 64.0 cm³/mol. The molecule has 1 aromatic heterocycles. The highest BCUT2D eigenvalue weighted by Crippen LogP contribution is 2.14. The third kappa shape index (κ3) is 4.08. The summed E-state index contributed by atoms with van der Waals surface area (Å²) in [6.07, 6.45) is 2.83. The van der Waals surface area contributed by atoms with Crippen LogP contribution < -0.4 is 5.06 Å². The van der Waals surface area contributed by atoms with Gasteiger partial charge in [-0.25, -0.2) is 4.98 Å². The quantitative estimate of drug-likeness (QED) is 0.463. The van der Waals surface area contributed by atoms with E-state index in [0.29, 0.717) is 12.2 Å². The molecule has 94 valence electrons. The molecule has 0 aliphatic rings. The van der Waals surface area contributed by atoms with Crippen LogP contribution in [0.1, 0.15) is 31.9 Å². The molecule has 6 nitrogen and oxygen atoms in total. The summed E-state index contributed by atoms with van der Waals surface area (Å²) in [6.45, 7) is 4.11. The van der Waals surface area contributed by atoms with E-state index in [-0.39, 0.29) is 16.6 Å². The number of nitrogens with one attached hydrogen (secondary N) is 1. The standard InChI is InChI=1S/C11H17N3O3/c1-3-4-5-6-13(15)11-8-10(14(16)17)7-9(2)12-11/h7-8,13H,3-6H2,1-2H3. The first-order valence-corrected chi connectivity index (χ1v) is 5.71. The molecule has 0 saturated carbocycles. The molecule has 1 atom stereocenters. The zero-order valence-electron chi connectivity index (χ0n) is 10.1. The lowest BCUT2D eigenvalue weighted by atomic mass is 10.2. The summed E-state index contributed by atoms with van der Waals surface area (Å²) in [7, 11) is 0. The average molecular weight is 239 g/mol. The van der Waals surface area contributed by atoms with Crippen molar-refractivity contribution in [2.45, 2.75) is 33.1 Å². The molecule has 1 aromatic rings. The zero-order valence-corrected chi connectivity index (χ0v) is 10.1. The minimum atomic E-state index is -0.502. The van der Waals surface area contributed by atoms with Crippen molar-refractivity contribution in [2.75, 3.05) is 6.54 Å². The first-order valence-electron chi connectivity index (χ1n) is 5.71. The number of nitrogens with zero attached hydrogens (tertiary/aromatic N) is 2. The lowest BCUT2D eigenvalue weighted by Gasteiger charge is -2.20. The van der Waals surface area contributed by atoms with Gasteiger partial charge >= 0.3 is 0 Å². The van der Waals surface area contributed by atoms with E-state index in [0.717, 1.165) is 19.3 Å². The number of hydroxylamine groups is 1. The second kappa shape index (κ2) is 6.27. The first kappa shape index (κ1) is 13.5. The SMILES string of the molecule is CCCCC[NH+]([O-])c1cc([N+](=O)[O-])cc(C)n1. The van der Waals surface area contributed by atoms with Crippen LogP contribution in [-0.4, -0.2) is 16.5 Å². The van der Waals surface area contributed by atoms with Crippen LogP contribution in [0.15, 0.2) is 12.1 Å². The number of aromatic nitrogens is 1. The molecule has 0 aliphatic carbocycles. The van der Waals surface area contributed by atoms with E-state index in [1.807, 2.05) is 0 Å². The maximum Gasteiger partial charge on any atom is 0.278 e. The van der Waals surface area contributed by atoms with Crippen LogP contribution in [-0.2, 0) is 0 Å². The van der Waals surface area contributed by atoms with Gasteiger partial charge in [-0.15, -0.1) is 0 Å². The molecule has 1 unspecified atom stereocenters. The van der Waals surface area contributed by atoms with Crippen LogP contribution >= 0.6 is 0 Å². The second-order valence-corrected chi connectivity index (χ2v) is 3.99. The van der Waals surface area contributed by atoms with Gasteiger partial charge in [0.1, 0.15) is 0 Å². The Labute approximate surface area is 100 Å². The molecular weight excluding hydrogens is 222 g/mol. The van der Waals surface area contributed by atoms with Gasteiger partial charge < -0.3 is 10.3 Å². The zero-order chi connectivity index (χ0) is 12.8. The number of hydrogen-bond acceptors (Lipinski definition) is 4. The van der Waals surface area contributed by atoms with Gasteiger partial charge in [0, 0.05) is 6.07 Å². The van der Waals surface area contributed by atoms with Gasteiger partial charge in [0.25, 0.3) is 5.69 Å². The fourth-order valence-electron chi connectivity index (χ4n) is 1.56. The molecule has 0 spiro atoms. The molecule has 17 heavy (non-hydrogen) atoms. The number of quaternary nitrogens is 1. The van der Waals surface area contributed by atoms with Crippen LogP contribution in [0.5, 0.6) is 0 Å². The fourth-order valence-corrected chi connectivity index (χ4v) is 1.56. The molecule has 0 bridgehead atoms. The molecule has 1 heterocycles. The minimum Gasteiger partial charge on any atom is -0.628 e. The summed E-state index contributed by atoms with van der Waals surface area (Å²) in [5, 5.41) is 22.3. The summed E-state index contributed by atoms with van der Waals surface area (Å²) < 4.78 is 0. The van der Waals surface area contributed by atoms with Crippen molar-refractivity contribution in [2.24, 2.45) is 0 Å². The van der Waals surface area contributed by atoms with E-state index in [4.69, 9.17) is 0 Å². The third-order valence-corrected chi connectivity index (χ3v) is 2.44. The highest BCUT2D eigenvalue weighted by molar-refractivity contribution is 5.38. The van der Waals surface area contributed by atoms with E-state index in [9.17, 15) is 15.3 Å². The Balaban J connectivity index is 2.78. The molecule has 0 radical (unpaired) electrons. The highest BCUT2D eigenvalue weighted by Gasteiger charge is 2.13. The van der Waals surface area contributed by atoms with Crippen LogP contribution in [0.2, 0.25) is 0 Å². The van der Waals surface area contributed by atoms with Gasteiger partial charge in [-0.3, -0.25) is 10.1 Å². The predicted octanol–water partition coefficient (Wildman–Crippen LogP) is 1.50. The maximum atomic E-state index is 11.8. The van der Waals surface area contributed by atoms with E-state index in [1.54, 1.807) is 6.92 Å². The van der Waals surface area contributed by atoms with Crippen molar-refractivity contribution < 1.29 is 9.99 Å². The summed E-state index contributed by atoms with van der Waals surface area (Å²) in [5.41, 5.74) is 0.425. The Morgan fingerprint density at radius 1 is 1.41 bits per heavy atom. The lowest BCUT2D eigenvalue weighted by molar-refractivity contribution is -0.779. The Bertz CT molecular complexity index is 396. The Morgan fingerprint density at radius 2 is 2.12 bits per heavy atom. The monoisotopic (exact) mass is 239 g/mol. The largest absolute Gasteiger partial charge is 0.628 e. The van der Waals surface area contributed by atoms with E-state index < -0.39 is 4.92 Å². The van der Waals surface area contributed by atoms with Crippen LogP contribution in [0.3, 0.4) is 0 Å². The van der Waals surface area contributed by atoms with Gasteiger partial charge in [0.05, 0.1) is 23.2 Å². The van der Waals surface area contributed by atoms with Crippen molar-refractivity contribution in [3.63, 3.8) is 0 Å². The summed E-state index contributed by atoms with van der Waals surface area (Å²) in [5.74, 6) is 0.202. The number of hydrogen-bond donors (Lipinski definition) is 1. The van der Waals surface area contributed by atoms with Gasteiger partial charge in [-0.1, -0.05) is 13.3 Å². The van der Waals surface area contributed by atoms with E-state index >= 15 is 0 Å². The second-order valence-electron chi connectivity index (χ2n) is 3.99.